The summed E-state index contributed by atoms with van der Waals surface area (Å²) in [6.07, 6.45) is 1.65. The van der Waals surface area contributed by atoms with Crippen molar-refractivity contribution in [3.63, 3.8) is 0 Å². The molecule has 0 bridgehead atoms. The molecule has 1 amide bonds. The number of carbonyl (C=O) groups is 1. The fourth-order valence-electron chi connectivity index (χ4n) is 2.86. The summed E-state index contributed by atoms with van der Waals surface area (Å²) in [6.45, 7) is 9.56. The molecule has 7 heteroatoms. The van der Waals surface area contributed by atoms with E-state index >= 15 is 0 Å². The standard InChI is InChI=1S/C18H24N4O2S/c1-11(2)17(23)22-5-6-24-16(10-22)15-8-14(7-12(3)20-15)21-18-19-9-13(4)25-18/h7-9,11,16H,5-6,10H2,1-4H3,(H,19,20,21)/t16-/m0/s1. The fourth-order valence-corrected chi connectivity index (χ4v) is 3.55. The summed E-state index contributed by atoms with van der Waals surface area (Å²) >= 11 is 1.61. The van der Waals surface area contributed by atoms with E-state index in [4.69, 9.17) is 4.74 Å². The van der Waals surface area contributed by atoms with Crippen molar-refractivity contribution in [3.05, 3.63) is 34.6 Å². The molecule has 1 aliphatic heterocycles. The number of aryl methyl sites for hydroxylation is 2. The van der Waals surface area contributed by atoms with Crippen molar-refractivity contribution in [2.24, 2.45) is 5.92 Å². The molecule has 0 spiro atoms. The number of pyridine rings is 1. The number of ether oxygens (including phenoxy) is 1. The molecule has 0 saturated carbocycles. The number of aromatic nitrogens is 2. The van der Waals surface area contributed by atoms with Crippen LogP contribution < -0.4 is 5.32 Å². The molecule has 0 radical (unpaired) electrons. The largest absolute Gasteiger partial charge is 0.368 e. The van der Waals surface area contributed by atoms with Crippen molar-refractivity contribution < 1.29 is 9.53 Å². The van der Waals surface area contributed by atoms with Gasteiger partial charge in [-0.3, -0.25) is 9.78 Å². The minimum atomic E-state index is -0.199. The van der Waals surface area contributed by atoms with Crippen molar-refractivity contribution in [2.75, 3.05) is 25.0 Å². The van der Waals surface area contributed by atoms with Gasteiger partial charge in [0.1, 0.15) is 6.10 Å². The van der Waals surface area contributed by atoms with E-state index in [2.05, 4.69) is 15.3 Å². The molecule has 1 N–H and O–H groups in total. The van der Waals surface area contributed by atoms with E-state index in [0.717, 1.165) is 27.1 Å². The Hall–Kier alpha value is -1.99. The van der Waals surface area contributed by atoms with Crippen molar-refractivity contribution in [1.82, 2.24) is 14.9 Å². The molecular formula is C18H24N4O2S. The number of anilines is 2. The van der Waals surface area contributed by atoms with E-state index in [-0.39, 0.29) is 17.9 Å². The highest BCUT2D eigenvalue weighted by atomic mass is 32.1. The number of hydrogen-bond donors (Lipinski definition) is 1. The Balaban J connectivity index is 1.78. The number of carbonyl (C=O) groups excluding carboxylic acids is 1. The molecule has 1 fully saturated rings. The average Bonchev–Trinajstić information content (AvgIpc) is 2.98. The van der Waals surface area contributed by atoms with E-state index in [9.17, 15) is 4.79 Å². The topological polar surface area (TPSA) is 67.4 Å². The maximum Gasteiger partial charge on any atom is 0.225 e. The molecule has 0 aliphatic carbocycles. The van der Waals surface area contributed by atoms with Crippen LogP contribution in [0.5, 0.6) is 0 Å². The number of rotatable bonds is 4. The van der Waals surface area contributed by atoms with E-state index in [1.807, 2.05) is 50.9 Å². The predicted molar refractivity (Wildman–Crippen MR) is 99.2 cm³/mol. The molecule has 2 aromatic heterocycles. The Morgan fingerprint density at radius 3 is 2.88 bits per heavy atom. The second-order valence-corrected chi connectivity index (χ2v) is 7.86. The summed E-state index contributed by atoms with van der Waals surface area (Å²) in [5.74, 6) is 0.159. The number of nitrogens with zero attached hydrogens (tertiary/aromatic N) is 3. The zero-order chi connectivity index (χ0) is 18.0. The number of hydrogen-bond acceptors (Lipinski definition) is 6. The lowest BCUT2D eigenvalue weighted by atomic mass is 10.1. The van der Waals surface area contributed by atoms with Gasteiger partial charge in [0.2, 0.25) is 5.91 Å². The second kappa shape index (κ2) is 7.49. The van der Waals surface area contributed by atoms with Crippen LogP contribution in [0, 0.1) is 19.8 Å². The van der Waals surface area contributed by atoms with Gasteiger partial charge < -0.3 is 15.0 Å². The van der Waals surface area contributed by atoms with Crippen molar-refractivity contribution in [3.8, 4) is 0 Å². The molecule has 0 unspecified atom stereocenters. The number of amides is 1. The highest BCUT2D eigenvalue weighted by Crippen LogP contribution is 2.27. The Morgan fingerprint density at radius 1 is 1.40 bits per heavy atom. The van der Waals surface area contributed by atoms with Crippen LogP contribution in [0.3, 0.4) is 0 Å². The highest BCUT2D eigenvalue weighted by Gasteiger charge is 2.27. The summed E-state index contributed by atoms with van der Waals surface area (Å²) in [5.41, 5.74) is 2.69. The van der Waals surface area contributed by atoms with E-state index in [0.29, 0.717) is 19.7 Å². The Labute approximate surface area is 152 Å². The first-order chi connectivity index (χ1) is 11.9. The third kappa shape index (κ3) is 4.35. The van der Waals surface area contributed by atoms with Gasteiger partial charge in [0.05, 0.1) is 18.8 Å². The van der Waals surface area contributed by atoms with Crippen LogP contribution in [0.4, 0.5) is 10.8 Å². The molecule has 134 valence electrons. The van der Waals surface area contributed by atoms with Gasteiger partial charge in [-0.15, -0.1) is 11.3 Å². The molecule has 1 saturated heterocycles. The third-order valence-electron chi connectivity index (χ3n) is 4.05. The van der Waals surface area contributed by atoms with Crippen LogP contribution in [0.1, 0.15) is 36.2 Å². The normalized spacial score (nSPS) is 17.8. The molecule has 6 nitrogen and oxygen atoms in total. The van der Waals surface area contributed by atoms with Gasteiger partial charge in [-0.2, -0.15) is 0 Å². The summed E-state index contributed by atoms with van der Waals surface area (Å²) in [6, 6.07) is 3.97. The monoisotopic (exact) mass is 360 g/mol. The quantitative estimate of drug-likeness (QED) is 0.904. The van der Waals surface area contributed by atoms with Gasteiger partial charge in [0.15, 0.2) is 5.13 Å². The van der Waals surface area contributed by atoms with E-state index < -0.39 is 0 Å². The Morgan fingerprint density at radius 2 is 2.20 bits per heavy atom. The van der Waals surface area contributed by atoms with Crippen molar-refractivity contribution in [1.29, 1.82) is 0 Å². The summed E-state index contributed by atoms with van der Waals surface area (Å²) in [4.78, 5) is 24.3. The first-order valence-corrected chi connectivity index (χ1v) is 9.32. The van der Waals surface area contributed by atoms with Crippen molar-refractivity contribution >= 4 is 28.1 Å². The Kier molecular flexibility index (Phi) is 5.34. The van der Waals surface area contributed by atoms with E-state index in [1.54, 1.807) is 11.3 Å². The van der Waals surface area contributed by atoms with Crippen LogP contribution in [0.25, 0.3) is 0 Å². The van der Waals surface area contributed by atoms with Crippen LogP contribution in [0.15, 0.2) is 18.3 Å². The lowest BCUT2D eigenvalue weighted by Crippen LogP contribution is -2.44. The molecule has 25 heavy (non-hydrogen) atoms. The highest BCUT2D eigenvalue weighted by molar-refractivity contribution is 7.15. The van der Waals surface area contributed by atoms with Gasteiger partial charge in [-0.1, -0.05) is 13.8 Å². The molecule has 0 aromatic carbocycles. The van der Waals surface area contributed by atoms with Gasteiger partial charge in [0, 0.05) is 34.9 Å². The van der Waals surface area contributed by atoms with Gasteiger partial charge in [0.25, 0.3) is 0 Å². The predicted octanol–water partition coefficient (Wildman–Crippen LogP) is 3.45. The fraction of sp³-hybridized carbons (Fsp3) is 0.500. The van der Waals surface area contributed by atoms with Gasteiger partial charge in [-0.05, 0) is 26.0 Å². The van der Waals surface area contributed by atoms with Crippen LogP contribution in [-0.2, 0) is 9.53 Å². The summed E-state index contributed by atoms with van der Waals surface area (Å²) < 4.78 is 5.89. The summed E-state index contributed by atoms with van der Waals surface area (Å²) in [7, 11) is 0. The van der Waals surface area contributed by atoms with E-state index in [1.165, 1.54) is 0 Å². The molecule has 1 atom stereocenters. The first kappa shape index (κ1) is 17.8. The average molecular weight is 360 g/mol. The smallest absolute Gasteiger partial charge is 0.225 e. The number of morpholine rings is 1. The lowest BCUT2D eigenvalue weighted by molar-refractivity contribution is -0.142. The minimum absolute atomic E-state index is 0.00501. The third-order valence-corrected chi connectivity index (χ3v) is 4.88. The summed E-state index contributed by atoms with van der Waals surface area (Å²) in [5, 5.41) is 4.19. The molecule has 1 aliphatic rings. The molecule has 3 heterocycles. The lowest BCUT2D eigenvalue weighted by Gasteiger charge is -2.34. The van der Waals surface area contributed by atoms with Gasteiger partial charge in [-0.25, -0.2) is 4.98 Å². The molecular weight excluding hydrogens is 336 g/mol. The number of thiazole rings is 1. The SMILES string of the molecule is Cc1cc(Nc2ncc(C)s2)cc([C@@H]2CN(C(=O)C(C)C)CCO2)n1. The molecule has 3 rings (SSSR count). The molecule has 2 aromatic rings. The van der Waals surface area contributed by atoms with Crippen LogP contribution >= 0.6 is 11.3 Å². The first-order valence-electron chi connectivity index (χ1n) is 8.51. The Bertz CT molecular complexity index is 759. The van der Waals surface area contributed by atoms with Crippen LogP contribution in [0.2, 0.25) is 0 Å². The maximum absolute atomic E-state index is 12.3. The van der Waals surface area contributed by atoms with Gasteiger partial charge >= 0.3 is 0 Å². The van der Waals surface area contributed by atoms with Crippen molar-refractivity contribution in [2.45, 2.75) is 33.8 Å². The number of nitrogens with one attached hydrogen (secondary N) is 1. The minimum Gasteiger partial charge on any atom is -0.368 e. The zero-order valence-corrected chi connectivity index (χ0v) is 15.9. The zero-order valence-electron chi connectivity index (χ0n) is 15.1. The second-order valence-electron chi connectivity index (χ2n) is 6.62. The van der Waals surface area contributed by atoms with Crippen LogP contribution in [-0.4, -0.2) is 40.5 Å². The maximum atomic E-state index is 12.3.